The molecule has 1 atom stereocenters. The zero-order chi connectivity index (χ0) is 27.4. The van der Waals surface area contributed by atoms with Crippen LogP contribution in [-0.4, -0.2) is 63.7 Å². The molecule has 3 N–H and O–H groups in total. The summed E-state index contributed by atoms with van der Waals surface area (Å²) >= 11 is -2.34. The Morgan fingerprint density at radius 2 is 2.00 bits per heavy atom. The van der Waals surface area contributed by atoms with Gasteiger partial charge in [0.15, 0.2) is 5.82 Å². The molecule has 0 saturated carbocycles. The average Bonchev–Trinajstić information content (AvgIpc) is 2.95. The van der Waals surface area contributed by atoms with Gasteiger partial charge in [0.1, 0.15) is 28.7 Å². The summed E-state index contributed by atoms with van der Waals surface area (Å²) in [6, 6.07) is 12.4. The molecule has 1 aliphatic rings. The molecule has 10 nitrogen and oxygen atoms in total. The molecule has 0 amide bonds. The number of hydrogen-bond donors (Lipinski definition) is 2. The topological polar surface area (TPSA) is 139 Å². The third-order valence-electron chi connectivity index (χ3n) is 6.55. The van der Waals surface area contributed by atoms with Crippen LogP contribution in [-0.2, 0) is 22.4 Å². The first-order chi connectivity index (χ1) is 18.9. The van der Waals surface area contributed by atoms with Crippen LogP contribution in [0.15, 0.2) is 48.7 Å². The molecular weight excluding hydrogens is 523 g/mol. The molecule has 0 radical (unpaired) electrons. The zero-order valence-corrected chi connectivity index (χ0v) is 22.2. The highest BCUT2D eigenvalue weighted by atomic mass is 32.2. The van der Waals surface area contributed by atoms with Gasteiger partial charge in [-0.05, 0) is 48.2 Å². The Bertz CT molecular complexity index is 1500. The van der Waals surface area contributed by atoms with Crippen molar-refractivity contribution >= 4 is 33.8 Å². The van der Waals surface area contributed by atoms with E-state index in [0.717, 1.165) is 5.39 Å². The van der Waals surface area contributed by atoms with E-state index < -0.39 is 11.3 Å². The summed E-state index contributed by atoms with van der Waals surface area (Å²) in [5.41, 5.74) is 8.61. The van der Waals surface area contributed by atoms with E-state index >= 15 is 4.39 Å². The second kappa shape index (κ2) is 12.0. The Balaban J connectivity index is 1.62. The predicted molar refractivity (Wildman–Crippen MR) is 147 cm³/mol. The lowest BCUT2D eigenvalue weighted by Gasteiger charge is -2.29. The molecule has 1 aliphatic heterocycles. The zero-order valence-electron chi connectivity index (χ0n) is 21.4. The number of nitrogens with zero attached hydrogens (tertiary/aromatic N) is 4. The van der Waals surface area contributed by atoms with E-state index in [9.17, 15) is 8.76 Å². The SMILES string of the molecule is COc1cc(-c2cccc(CCCNS(=O)[O-])c2F)cc2c(N3CCOCC3)nc(-c3ccc(N)nc3)nc12. The number of rotatable bonds is 9. The molecule has 0 bridgehead atoms. The lowest BCUT2D eigenvalue weighted by Crippen LogP contribution is -2.37. The molecule has 2 aromatic heterocycles. The van der Waals surface area contributed by atoms with E-state index in [1.807, 2.05) is 12.1 Å². The molecule has 3 heterocycles. The summed E-state index contributed by atoms with van der Waals surface area (Å²) < 4.78 is 50.8. The molecule has 1 unspecified atom stereocenters. The number of halogens is 1. The van der Waals surface area contributed by atoms with Gasteiger partial charge in [0.25, 0.3) is 0 Å². The Kier molecular flexibility index (Phi) is 8.27. The van der Waals surface area contributed by atoms with Gasteiger partial charge in [-0.25, -0.2) is 24.1 Å². The highest BCUT2D eigenvalue weighted by Gasteiger charge is 2.22. The number of benzene rings is 2. The van der Waals surface area contributed by atoms with Crippen molar-refractivity contribution in [3.05, 3.63) is 60.0 Å². The van der Waals surface area contributed by atoms with Crippen molar-refractivity contribution in [2.75, 3.05) is 50.6 Å². The summed E-state index contributed by atoms with van der Waals surface area (Å²) in [7, 11) is 1.55. The van der Waals surface area contributed by atoms with Crippen molar-refractivity contribution in [3.8, 4) is 28.3 Å². The minimum Gasteiger partial charge on any atom is -0.760 e. The third-order valence-corrected chi connectivity index (χ3v) is 6.99. The number of morpholine rings is 1. The quantitative estimate of drug-likeness (QED) is 0.237. The van der Waals surface area contributed by atoms with E-state index in [-0.39, 0.29) is 12.4 Å². The lowest BCUT2D eigenvalue weighted by atomic mass is 9.98. The number of fused-ring (bicyclic) bond motifs is 1. The summed E-state index contributed by atoms with van der Waals surface area (Å²) in [5, 5.41) is 0.727. The van der Waals surface area contributed by atoms with E-state index in [0.29, 0.717) is 90.1 Å². The number of nitrogens with two attached hydrogens (primary N) is 1. The predicted octanol–water partition coefficient (Wildman–Crippen LogP) is 3.24. The van der Waals surface area contributed by atoms with Crippen LogP contribution >= 0.6 is 0 Å². The highest BCUT2D eigenvalue weighted by molar-refractivity contribution is 7.77. The van der Waals surface area contributed by atoms with Gasteiger partial charge in [-0.3, -0.25) is 4.21 Å². The van der Waals surface area contributed by atoms with Gasteiger partial charge in [0, 0.05) is 53.6 Å². The number of nitrogen functional groups attached to an aromatic ring is 1. The van der Waals surface area contributed by atoms with Crippen LogP contribution in [0.1, 0.15) is 12.0 Å². The molecule has 5 rings (SSSR count). The van der Waals surface area contributed by atoms with Gasteiger partial charge >= 0.3 is 0 Å². The summed E-state index contributed by atoms with van der Waals surface area (Å²) in [6.45, 7) is 2.64. The minimum absolute atomic E-state index is 0.232. The third kappa shape index (κ3) is 5.98. The normalized spacial score (nSPS) is 14.5. The molecular formula is C27H28FN6O4S-. The maximum absolute atomic E-state index is 15.7. The Morgan fingerprint density at radius 3 is 2.72 bits per heavy atom. The van der Waals surface area contributed by atoms with Crippen LogP contribution in [0, 0.1) is 5.82 Å². The molecule has 4 aromatic rings. The largest absolute Gasteiger partial charge is 0.760 e. The van der Waals surface area contributed by atoms with Crippen molar-refractivity contribution in [2.24, 2.45) is 0 Å². The fourth-order valence-corrected chi connectivity index (χ4v) is 4.92. The first-order valence-electron chi connectivity index (χ1n) is 12.5. The van der Waals surface area contributed by atoms with Crippen molar-refractivity contribution in [1.29, 1.82) is 0 Å². The number of nitrogens with one attached hydrogen (secondary N) is 1. The summed E-state index contributed by atoms with van der Waals surface area (Å²) in [4.78, 5) is 16.0. The monoisotopic (exact) mass is 551 g/mol. The second-order valence-corrected chi connectivity index (χ2v) is 9.79. The number of ether oxygens (including phenoxy) is 2. The standard InChI is InChI=1S/C27H29FN6O4S/c1-37-22-15-19(20-6-2-4-17(24(20)28)5-3-9-31-39(35)36)14-21-25(22)32-26(18-7-8-23(29)30-16-18)33-27(21)34-10-12-38-13-11-34/h2,4,6-8,14-16,31H,3,5,9-13H2,1H3,(H2,29,30)(H,35,36)/p-1. The first kappa shape index (κ1) is 26.9. The highest BCUT2D eigenvalue weighted by Crippen LogP contribution is 2.38. The van der Waals surface area contributed by atoms with E-state index in [4.69, 9.17) is 25.2 Å². The van der Waals surface area contributed by atoms with Gasteiger partial charge < -0.3 is 24.7 Å². The Hall–Kier alpha value is -3.71. The number of aryl methyl sites for hydroxylation is 1. The summed E-state index contributed by atoms with van der Waals surface area (Å²) in [5.74, 6) is 1.69. The average molecular weight is 552 g/mol. The fourth-order valence-electron chi connectivity index (χ4n) is 4.61. The Labute approximate surface area is 227 Å². The van der Waals surface area contributed by atoms with E-state index in [2.05, 4.69) is 14.6 Å². The molecule has 1 saturated heterocycles. The fraction of sp³-hybridized carbons (Fsp3) is 0.296. The smallest absolute Gasteiger partial charge is 0.163 e. The summed E-state index contributed by atoms with van der Waals surface area (Å²) in [6.07, 6.45) is 2.48. The number of pyridine rings is 1. The number of anilines is 2. The van der Waals surface area contributed by atoms with Gasteiger partial charge in [0.05, 0.1) is 20.3 Å². The molecule has 12 heteroatoms. The van der Waals surface area contributed by atoms with Crippen molar-refractivity contribution in [1.82, 2.24) is 19.7 Å². The Morgan fingerprint density at radius 1 is 1.18 bits per heavy atom. The minimum atomic E-state index is -2.34. The molecule has 204 valence electrons. The van der Waals surface area contributed by atoms with Gasteiger partial charge in [-0.1, -0.05) is 18.2 Å². The molecule has 2 aromatic carbocycles. The maximum atomic E-state index is 15.7. The van der Waals surface area contributed by atoms with Gasteiger partial charge in [0.2, 0.25) is 0 Å². The van der Waals surface area contributed by atoms with Crippen LogP contribution in [0.25, 0.3) is 33.4 Å². The van der Waals surface area contributed by atoms with Crippen LogP contribution in [0.5, 0.6) is 5.75 Å². The molecule has 0 aliphatic carbocycles. The van der Waals surface area contributed by atoms with Crippen molar-refractivity contribution in [3.63, 3.8) is 0 Å². The number of aromatic nitrogens is 3. The van der Waals surface area contributed by atoms with Gasteiger partial charge in [-0.2, -0.15) is 0 Å². The lowest BCUT2D eigenvalue weighted by molar-refractivity contribution is 0.122. The van der Waals surface area contributed by atoms with Crippen LogP contribution < -0.4 is 20.1 Å². The van der Waals surface area contributed by atoms with Crippen LogP contribution in [0.3, 0.4) is 0 Å². The van der Waals surface area contributed by atoms with Crippen LogP contribution in [0.4, 0.5) is 16.0 Å². The molecule has 1 fully saturated rings. The van der Waals surface area contributed by atoms with Gasteiger partial charge in [-0.15, -0.1) is 0 Å². The number of hydrogen-bond acceptors (Lipinski definition) is 9. The first-order valence-corrected chi connectivity index (χ1v) is 13.6. The second-order valence-electron chi connectivity index (χ2n) is 9.03. The number of methoxy groups -OCH3 is 1. The van der Waals surface area contributed by atoms with Crippen LogP contribution in [0.2, 0.25) is 0 Å². The van der Waals surface area contributed by atoms with E-state index in [1.165, 1.54) is 0 Å². The maximum Gasteiger partial charge on any atom is 0.163 e. The molecule has 0 spiro atoms. The molecule has 39 heavy (non-hydrogen) atoms. The van der Waals surface area contributed by atoms with Crippen molar-refractivity contribution in [2.45, 2.75) is 12.8 Å². The van der Waals surface area contributed by atoms with Crippen molar-refractivity contribution < 1.29 is 22.6 Å². The van der Waals surface area contributed by atoms with E-state index in [1.54, 1.807) is 43.6 Å².